The molecule has 1 aliphatic rings. The summed E-state index contributed by atoms with van der Waals surface area (Å²) in [5.74, 6) is 0. The predicted molar refractivity (Wildman–Crippen MR) is 60.3 cm³/mol. The maximum Gasteiger partial charge on any atom is 0.410 e. The smallest absolute Gasteiger partial charge is 0.410 e. The quantitative estimate of drug-likeness (QED) is 0.434. The molecule has 0 aromatic carbocycles. The van der Waals surface area contributed by atoms with Crippen molar-refractivity contribution in [3.63, 3.8) is 0 Å². The molecule has 0 aromatic rings. The summed E-state index contributed by atoms with van der Waals surface area (Å²) < 4.78 is 18.9. The fourth-order valence-electron chi connectivity index (χ4n) is 1.55. The topological polar surface area (TPSA) is 78.3 Å². The summed E-state index contributed by atoms with van der Waals surface area (Å²) >= 11 is 0. The number of ether oxygens (including phenoxy) is 1. The number of azide groups is 1. The molecule has 1 rings (SSSR count). The van der Waals surface area contributed by atoms with Crippen molar-refractivity contribution < 1.29 is 13.9 Å². The average Bonchev–Trinajstić information content (AvgIpc) is 2.11. The molecule has 1 aliphatic heterocycles. The number of hydrogen-bond donors (Lipinski definition) is 0. The molecule has 0 saturated carbocycles. The molecule has 0 unspecified atom stereocenters. The number of likely N-dealkylation sites (tertiary alicyclic amines) is 1. The summed E-state index contributed by atoms with van der Waals surface area (Å²) in [6.07, 6.45) is -0.370. The van der Waals surface area contributed by atoms with Crippen LogP contribution < -0.4 is 0 Å². The normalized spacial score (nSPS) is 18.0. The van der Waals surface area contributed by atoms with Crippen LogP contribution in [0.25, 0.3) is 10.4 Å². The molecule has 0 radical (unpaired) electrons. The Morgan fingerprint density at radius 2 is 2.18 bits per heavy atom. The molecule has 6 nitrogen and oxygen atoms in total. The molecule has 96 valence electrons. The van der Waals surface area contributed by atoms with Gasteiger partial charge in [0.15, 0.2) is 0 Å². The Labute approximate surface area is 99.4 Å². The lowest BCUT2D eigenvalue weighted by Crippen LogP contribution is -2.61. The maximum atomic E-state index is 13.8. The van der Waals surface area contributed by atoms with Crippen LogP contribution >= 0.6 is 0 Å². The van der Waals surface area contributed by atoms with Gasteiger partial charge in [0.05, 0.1) is 13.1 Å². The van der Waals surface area contributed by atoms with E-state index in [0.29, 0.717) is 0 Å². The molecule has 0 bridgehead atoms. The zero-order valence-corrected chi connectivity index (χ0v) is 10.3. The van der Waals surface area contributed by atoms with Gasteiger partial charge < -0.3 is 9.64 Å². The lowest BCUT2D eigenvalue weighted by molar-refractivity contribution is -0.0530. The first-order chi connectivity index (χ1) is 7.76. The van der Waals surface area contributed by atoms with Crippen molar-refractivity contribution in [2.45, 2.75) is 38.5 Å². The fraction of sp³-hybridized carbons (Fsp3) is 0.900. The molecular weight excluding hydrogens is 227 g/mol. The lowest BCUT2D eigenvalue weighted by atomic mass is 9.93. The summed E-state index contributed by atoms with van der Waals surface area (Å²) in [5.41, 5.74) is 6.06. The molecule has 0 spiro atoms. The van der Waals surface area contributed by atoms with Crippen molar-refractivity contribution in [2.75, 3.05) is 19.6 Å². The zero-order valence-electron chi connectivity index (χ0n) is 10.3. The van der Waals surface area contributed by atoms with Crippen LogP contribution in [-0.4, -0.2) is 41.9 Å². The van der Waals surface area contributed by atoms with Gasteiger partial charge in [0.25, 0.3) is 0 Å². The number of halogens is 1. The van der Waals surface area contributed by atoms with Gasteiger partial charge >= 0.3 is 6.09 Å². The molecule has 1 fully saturated rings. The molecule has 1 heterocycles. The second-order valence-corrected chi connectivity index (χ2v) is 5.19. The second-order valence-electron chi connectivity index (χ2n) is 5.19. The van der Waals surface area contributed by atoms with E-state index in [1.54, 1.807) is 20.8 Å². The first-order valence-electron chi connectivity index (χ1n) is 5.43. The van der Waals surface area contributed by atoms with Crippen LogP contribution in [0.4, 0.5) is 9.18 Å². The molecule has 17 heavy (non-hydrogen) atoms. The number of hydrogen-bond acceptors (Lipinski definition) is 3. The number of alkyl halides is 1. The molecular formula is C10H17FN4O2. The van der Waals surface area contributed by atoms with Gasteiger partial charge in [-0.05, 0) is 32.7 Å². The van der Waals surface area contributed by atoms with Crippen LogP contribution in [0.1, 0.15) is 27.2 Å². The van der Waals surface area contributed by atoms with Crippen molar-refractivity contribution in [1.29, 1.82) is 0 Å². The van der Waals surface area contributed by atoms with Crippen molar-refractivity contribution in [3.8, 4) is 0 Å². The van der Waals surface area contributed by atoms with Gasteiger partial charge in [-0.1, -0.05) is 5.11 Å². The summed E-state index contributed by atoms with van der Waals surface area (Å²) in [7, 11) is 0. The minimum absolute atomic E-state index is 0.00284. The molecule has 1 saturated heterocycles. The minimum Gasteiger partial charge on any atom is -0.444 e. The Morgan fingerprint density at radius 1 is 1.59 bits per heavy atom. The third-order valence-corrected chi connectivity index (χ3v) is 2.32. The van der Waals surface area contributed by atoms with E-state index in [2.05, 4.69) is 10.0 Å². The van der Waals surface area contributed by atoms with Crippen molar-refractivity contribution in [2.24, 2.45) is 5.11 Å². The highest BCUT2D eigenvalue weighted by Gasteiger charge is 2.46. The van der Waals surface area contributed by atoms with E-state index >= 15 is 0 Å². The Balaban J connectivity index is 2.35. The zero-order chi connectivity index (χ0) is 13.1. The highest BCUT2D eigenvalue weighted by molar-refractivity contribution is 5.69. The highest BCUT2D eigenvalue weighted by atomic mass is 19.1. The summed E-state index contributed by atoms with van der Waals surface area (Å²) in [6, 6.07) is 0. The monoisotopic (exact) mass is 244 g/mol. The van der Waals surface area contributed by atoms with Gasteiger partial charge in [-0.15, -0.1) is 0 Å². The lowest BCUT2D eigenvalue weighted by Gasteiger charge is -2.44. The Hall–Kier alpha value is -1.49. The Morgan fingerprint density at radius 3 is 2.65 bits per heavy atom. The van der Waals surface area contributed by atoms with Crippen molar-refractivity contribution in [3.05, 3.63) is 10.4 Å². The van der Waals surface area contributed by atoms with E-state index < -0.39 is 17.4 Å². The fourth-order valence-corrected chi connectivity index (χ4v) is 1.55. The Kier molecular flexibility index (Phi) is 3.83. The largest absolute Gasteiger partial charge is 0.444 e. The Bertz CT molecular complexity index is 341. The van der Waals surface area contributed by atoms with E-state index in [1.165, 1.54) is 4.90 Å². The van der Waals surface area contributed by atoms with E-state index in [9.17, 15) is 9.18 Å². The summed E-state index contributed by atoms with van der Waals surface area (Å²) in [4.78, 5) is 15.4. The molecule has 0 aliphatic carbocycles. The van der Waals surface area contributed by atoms with Crippen molar-refractivity contribution in [1.82, 2.24) is 4.90 Å². The van der Waals surface area contributed by atoms with Gasteiger partial charge in [0.2, 0.25) is 0 Å². The predicted octanol–water partition coefficient (Wildman–Crippen LogP) is 2.65. The van der Waals surface area contributed by atoms with Gasteiger partial charge in [-0.2, -0.15) is 0 Å². The minimum atomic E-state index is -1.44. The number of rotatable bonds is 3. The molecule has 7 heteroatoms. The number of carbonyl (C=O) groups is 1. The van der Waals surface area contributed by atoms with E-state index in [4.69, 9.17) is 10.3 Å². The van der Waals surface area contributed by atoms with Gasteiger partial charge in [-0.3, -0.25) is 0 Å². The molecule has 0 N–H and O–H groups in total. The summed E-state index contributed by atoms with van der Waals surface area (Å²) in [6.45, 7) is 5.39. The third kappa shape index (κ3) is 4.11. The molecule has 0 atom stereocenters. The maximum absolute atomic E-state index is 13.8. The van der Waals surface area contributed by atoms with E-state index in [0.717, 1.165) is 0 Å². The number of nitrogens with zero attached hydrogens (tertiary/aromatic N) is 4. The van der Waals surface area contributed by atoms with Gasteiger partial charge in [0, 0.05) is 11.5 Å². The van der Waals surface area contributed by atoms with Crippen LogP contribution in [-0.2, 0) is 4.74 Å². The third-order valence-electron chi connectivity index (χ3n) is 2.32. The van der Waals surface area contributed by atoms with Crippen LogP contribution in [0.15, 0.2) is 5.11 Å². The van der Waals surface area contributed by atoms with Crippen LogP contribution in [0.3, 0.4) is 0 Å². The number of amides is 1. The van der Waals surface area contributed by atoms with Crippen molar-refractivity contribution >= 4 is 6.09 Å². The number of carbonyl (C=O) groups excluding carboxylic acids is 1. The van der Waals surface area contributed by atoms with Crippen LogP contribution in [0.2, 0.25) is 0 Å². The SMILES string of the molecule is CC(C)(C)OC(=O)N1CC(F)(CCN=[N+]=[N-])C1. The first-order valence-corrected chi connectivity index (χ1v) is 5.43. The standard InChI is InChI=1S/C10H17FN4O2/c1-9(2,3)17-8(16)15-6-10(11,7-15)4-5-13-14-12/h4-7H2,1-3H3. The van der Waals surface area contributed by atoms with E-state index in [-0.39, 0.29) is 26.1 Å². The van der Waals surface area contributed by atoms with Crippen LogP contribution in [0.5, 0.6) is 0 Å². The molecule has 0 aromatic heterocycles. The first kappa shape index (κ1) is 13.6. The van der Waals surface area contributed by atoms with E-state index in [1.807, 2.05) is 0 Å². The highest BCUT2D eigenvalue weighted by Crippen LogP contribution is 2.30. The van der Waals surface area contributed by atoms with Gasteiger partial charge in [0.1, 0.15) is 11.3 Å². The molecule has 1 amide bonds. The average molecular weight is 244 g/mol. The van der Waals surface area contributed by atoms with Crippen LogP contribution in [0, 0.1) is 0 Å². The van der Waals surface area contributed by atoms with Gasteiger partial charge in [-0.25, -0.2) is 9.18 Å². The second kappa shape index (κ2) is 4.79. The summed E-state index contributed by atoms with van der Waals surface area (Å²) in [5, 5.41) is 3.27.